The Labute approximate surface area is 79.7 Å². The summed E-state index contributed by atoms with van der Waals surface area (Å²) in [5, 5.41) is 0. The zero-order valence-electron chi connectivity index (χ0n) is 8.49. The summed E-state index contributed by atoms with van der Waals surface area (Å²) in [6.07, 6.45) is 2.44. The first kappa shape index (κ1) is 10.5. The van der Waals surface area contributed by atoms with Crippen molar-refractivity contribution in [3.05, 3.63) is 0 Å². The Morgan fingerprint density at radius 2 is 2.38 bits per heavy atom. The summed E-state index contributed by atoms with van der Waals surface area (Å²) < 4.78 is 0. The monoisotopic (exact) mass is 185 g/mol. The molecule has 1 atom stereocenters. The average Bonchev–Trinajstić information content (AvgIpc) is 2.50. The summed E-state index contributed by atoms with van der Waals surface area (Å²) in [5.74, 6) is 0.0281. The van der Waals surface area contributed by atoms with Gasteiger partial charge in [-0.1, -0.05) is 0 Å². The summed E-state index contributed by atoms with van der Waals surface area (Å²) in [6, 6.07) is 0.528. The number of rotatable bonds is 3. The van der Waals surface area contributed by atoms with Gasteiger partial charge in [0.2, 0.25) is 5.91 Å². The molecule has 0 aromatic carbocycles. The largest absolute Gasteiger partial charge is 0.343 e. The molecule has 1 heterocycles. The second-order valence-electron chi connectivity index (χ2n) is 3.76. The van der Waals surface area contributed by atoms with Crippen LogP contribution < -0.4 is 5.73 Å². The van der Waals surface area contributed by atoms with E-state index in [1.54, 1.807) is 4.90 Å². The molecule has 1 amide bonds. The lowest BCUT2D eigenvalue weighted by Crippen LogP contribution is -2.41. The molecule has 1 fully saturated rings. The number of nitrogens with zero attached hydrogens (tertiary/aromatic N) is 2. The molecule has 0 aromatic rings. The number of likely N-dealkylation sites (N-methyl/N-ethyl adjacent to an activating group) is 2. The lowest BCUT2D eigenvalue weighted by molar-refractivity contribution is -0.128. The Morgan fingerprint density at radius 1 is 1.69 bits per heavy atom. The molecule has 0 unspecified atom stereocenters. The molecule has 0 radical (unpaired) electrons. The molecule has 0 aliphatic carbocycles. The van der Waals surface area contributed by atoms with Crippen LogP contribution in [-0.4, -0.2) is 55.5 Å². The van der Waals surface area contributed by atoms with Crippen LogP contribution in [0.5, 0.6) is 0 Å². The molecular weight excluding hydrogens is 166 g/mol. The maximum Gasteiger partial charge on any atom is 0.236 e. The second-order valence-corrected chi connectivity index (χ2v) is 3.76. The molecule has 0 bridgehead atoms. The van der Waals surface area contributed by atoms with E-state index in [0.717, 1.165) is 13.1 Å². The van der Waals surface area contributed by atoms with Crippen LogP contribution in [0.3, 0.4) is 0 Å². The number of carbonyl (C=O) groups excluding carboxylic acids is 1. The zero-order valence-corrected chi connectivity index (χ0v) is 8.49. The Hall–Kier alpha value is -0.610. The highest BCUT2D eigenvalue weighted by molar-refractivity contribution is 5.77. The summed E-state index contributed by atoms with van der Waals surface area (Å²) >= 11 is 0. The first-order chi connectivity index (χ1) is 6.15. The van der Waals surface area contributed by atoms with Crippen molar-refractivity contribution in [3.8, 4) is 0 Å². The normalized spacial score (nSPS) is 23.5. The number of carbonyl (C=O) groups is 1. The molecule has 4 nitrogen and oxygen atoms in total. The van der Waals surface area contributed by atoms with Crippen LogP contribution in [0.4, 0.5) is 0 Å². The maximum atomic E-state index is 11.2. The van der Waals surface area contributed by atoms with Crippen LogP contribution in [0.25, 0.3) is 0 Å². The van der Waals surface area contributed by atoms with E-state index >= 15 is 0 Å². The van der Waals surface area contributed by atoms with E-state index in [1.807, 2.05) is 7.05 Å². The van der Waals surface area contributed by atoms with E-state index in [4.69, 9.17) is 5.73 Å². The van der Waals surface area contributed by atoms with E-state index in [0.29, 0.717) is 6.04 Å². The van der Waals surface area contributed by atoms with Crippen LogP contribution in [0.15, 0.2) is 0 Å². The molecule has 1 aliphatic heterocycles. The Balaban J connectivity index is 2.34. The van der Waals surface area contributed by atoms with Crippen molar-refractivity contribution in [1.82, 2.24) is 9.80 Å². The van der Waals surface area contributed by atoms with E-state index in [1.165, 1.54) is 12.8 Å². The SMILES string of the molecule is CN(C[C@@H]1CCCN1C)C(=O)CN. The van der Waals surface area contributed by atoms with E-state index < -0.39 is 0 Å². The Kier molecular flexibility index (Phi) is 3.69. The molecule has 0 spiro atoms. The molecule has 1 aliphatic rings. The van der Waals surface area contributed by atoms with Crippen molar-refractivity contribution >= 4 is 5.91 Å². The third kappa shape index (κ3) is 2.67. The lowest BCUT2D eigenvalue weighted by Gasteiger charge is -2.25. The summed E-state index contributed by atoms with van der Waals surface area (Å²) in [4.78, 5) is 15.2. The van der Waals surface area contributed by atoms with Crippen LogP contribution in [0.1, 0.15) is 12.8 Å². The van der Waals surface area contributed by atoms with Gasteiger partial charge < -0.3 is 15.5 Å². The quantitative estimate of drug-likeness (QED) is 0.645. The molecule has 1 saturated heterocycles. The highest BCUT2D eigenvalue weighted by atomic mass is 16.2. The molecule has 76 valence electrons. The summed E-state index contributed by atoms with van der Waals surface area (Å²) in [6.45, 7) is 2.08. The molecule has 0 aromatic heterocycles. The lowest BCUT2D eigenvalue weighted by atomic mass is 10.2. The van der Waals surface area contributed by atoms with Gasteiger partial charge in [-0.15, -0.1) is 0 Å². The Morgan fingerprint density at radius 3 is 2.85 bits per heavy atom. The van der Waals surface area contributed by atoms with E-state index in [2.05, 4.69) is 11.9 Å². The predicted octanol–water partition coefficient (Wildman–Crippen LogP) is -0.502. The number of hydrogen-bond acceptors (Lipinski definition) is 3. The van der Waals surface area contributed by atoms with Crippen LogP contribution in [0, 0.1) is 0 Å². The third-order valence-corrected chi connectivity index (χ3v) is 2.76. The molecule has 2 N–H and O–H groups in total. The summed E-state index contributed by atoms with van der Waals surface area (Å²) in [7, 11) is 3.93. The van der Waals surface area contributed by atoms with E-state index in [-0.39, 0.29) is 12.5 Å². The van der Waals surface area contributed by atoms with Gasteiger partial charge in [0.1, 0.15) is 0 Å². The smallest absolute Gasteiger partial charge is 0.236 e. The molecule has 4 heteroatoms. The molecular formula is C9H19N3O. The van der Waals surface area contributed by atoms with Crippen LogP contribution >= 0.6 is 0 Å². The molecule has 0 saturated carbocycles. The minimum Gasteiger partial charge on any atom is -0.343 e. The van der Waals surface area contributed by atoms with E-state index in [9.17, 15) is 4.79 Å². The third-order valence-electron chi connectivity index (χ3n) is 2.76. The minimum atomic E-state index is 0.0281. The Bertz CT molecular complexity index is 184. The van der Waals surface area contributed by atoms with Crippen molar-refractivity contribution in [3.63, 3.8) is 0 Å². The van der Waals surface area contributed by atoms with Gasteiger partial charge in [-0.25, -0.2) is 0 Å². The van der Waals surface area contributed by atoms with Gasteiger partial charge in [-0.3, -0.25) is 4.79 Å². The standard InChI is InChI=1S/C9H19N3O/c1-11-5-3-4-8(11)7-12(2)9(13)6-10/h8H,3-7,10H2,1-2H3/t8-/m0/s1. The minimum absolute atomic E-state index is 0.0281. The molecule has 13 heavy (non-hydrogen) atoms. The van der Waals surface area contributed by atoms with Crippen molar-refractivity contribution in [2.45, 2.75) is 18.9 Å². The number of likely N-dealkylation sites (tertiary alicyclic amines) is 1. The van der Waals surface area contributed by atoms with Gasteiger partial charge in [0.15, 0.2) is 0 Å². The first-order valence-corrected chi connectivity index (χ1v) is 4.79. The van der Waals surface area contributed by atoms with Gasteiger partial charge in [0.05, 0.1) is 6.54 Å². The fourth-order valence-corrected chi connectivity index (χ4v) is 1.78. The van der Waals surface area contributed by atoms with Gasteiger partial charge >= 0.3 is 0 Å². The molecule has 1 rings (SSSR count). The highest BCUT2D eigenvalue weighted by Crippen LogP contribution is 2.15. The topological polar surface area (TPSA) is 49.6 Å². The first-order valence-electron chi connectivity index (χ1n) is 4.79. The van der Waals surface area contributed by atoms with Crippen LogP contribution in [0.2, 0.25) is 0 Å². The van der Waals surface area contributed by atoms with Crippen molar-refractivity contribution in [1.29, 1.82) is 0 Å². The van der Waals surface area contributed by atoms with Gasteiger partial charge in [0, 0.05) is 19.6 Å². The maximum absolute atomic E-state index is 11.2. The second kappa shape index (κ2) is 4.58. The number of nitrogens with two attached hydrogens (primary N) is 1. The fourth-order valence-electron chi connectivity index (χ4n) is 1.78. The number of amides is 1. The highest BCUT2D eigenvalue weighted by Gasteiger charge is 2.23. The van der Waals surface area contributed by atoms with Crippen molar-refractivity contribution in [2.75, 3.05) is 33.7 Å². The van der Waals surface area contributed by atoms with Gasteiger partial charge in [-0.05, 0) is 26.4 Å². The van der Waals surface area contributed by atoms with Gasteiger partial charge in [-0.2, -0.15) is 0 Å². The van der Waals surface area contributed by atoms with Crippen molar-refractivity contribution in [2.24, 2.45) is 5.73 Å². The average molecular weight is 185 g/mol. The number of hydrogen-bond donors (Lipinski definition) is 1. The summed E-state index contributed by atoms with van der Waals surface area (Å²) in [5.41, 5.74) is 5.28. The fraction of sp³-hybridized carbons (Fsp3) is 0.889. The van der Waals surface area contributed by atoms with Crippen molar-refractivity contribution < 1.29 is 4.79 Å². The van der Waals surface area contributed by atoms with Crippen LogP contribution in [-0.2, 0) is 4.79 Å². The zero-order chi connectivity index (χ0) is 9.84. The van der Waals surface area contributed by atoms with Gasteiger partial charge in [0.25, 0.3) is 0 Å². The predicted molar refractivity (Wildman–Crippen MR) is 52.3 cm³/mol.